The lowest BCUT2D eigenvalue weighted by Crippen LogP contribution is -1.93. The highest BCUT2D eigenvalue weighted by Crippen LogP contribution is 2.42. The topological polar surface area (TPSA) is 23.0 Å². The molecule has 0 aliphatic carbocycles. The summed E-state index contributed by atoms with van der Waals surface area (Å²) in [5, 5.41) is 8.62. The Morgan fingerprint density at radius 3 is 1.73 bits per heavy atom. The monoisotopic (exact) mass is 630 g/mol. The minimum absolute atomic E-state index is 0.881. The number of hydrogen-bond donors (Lipinski definition) is 0. The molecule has 0 fully saturated rings. The largest absolute Gasteiger partial charge is 0.439 e. The molecule has 11 aromatic rings. The summed E-state index contributed by atoms with van der Waals surface area (Å²) in [7, 11) is 0. The molecule has 0 saturated carbocycles. The van der Waals surface area contributed by atoms with Crippen LogP contribution in [0.2, 0.25) is 0 Å². The van der Waals surface area contributed by atoms with Crippen LogP contribution >= 0.6 is 11.3 Å². The molecule has 0 aliphatic heterocycles. The van der Waals surface area contributed by atoms with Gasteiger partial charge in [0, 0.05) is 53.1 Å². The molecule has 11 rings (SSSR count). The first-order valence-corrected chi connectivity index (χ1v) is 17.1. The number of fused-ring (bicyclic) bond motifs is 11. The van der Waals surface area contributed by atoms with Crippen molar-refractivity contribution >= 4 is 86.3 Å². The van der Waals surface area contributed by atoms with Gasteiger partial charge in [0.25, 0.3) is 0 Å². The Balaban J connectivity index is 1.09. The van der Waals surface area contributed by atoms with Crippen molar-refractivity contribution in [2.24, 2.45) is 0 Å². The van der Waals surface area contributed by atoms with Crippen LogP contribution in [0.1, 0.15) is 0 Å². The molecule has 4 heterocycles. The predicted octanol–water partition coefficient (Wildman–Crippen LogP) is 12.7. The molecule has 0 bridgehead atoms. The lowest BCUT2D eigenvalue weighted by Gasteiger charge is -2.08. The Morgan fingerprint density at radius 2 is 0.979 bits per heavy atom. The fourth-order valence-corrected chi connectivity index (χ4v) is 8.86. The third-order valence-electron chi connectivity index (χ3n) is 9.93. The van der Waals surface area contributed by atoms with E-state index in [1.54, 1.807) is 0 Å². The average Bonchev–Trinajstić information content (AvgIpc) is 3.88. The molecule has 48 heavy (non-hydrogen) atoms. The van der Waals surface area contributed by atoms with Gasteiger partial charge >= 0.3 is 0 Å². The molecular formula is C44H26N2OS. The second-order valence-corrected chi connectivity index (χ2v) is 13.6. The van der Waals surface area contributed by atoms with E-state index in [1.807, 2.05) is 11.3 Å². The van der Waals surface area contributed by atoms with Gasteiger partial charge in [-0.25, -0.2) is 0 Å². The van der Waals surface area contributed by atoms with Crippen LogP contribution in [0.25, 0.3) is 97.5 Å². The number of hydrogen-bond acceptors (Lipinski definition) is 2. The van der Waals surface area contributed by atoms with Gasteiger partial charge in [0.05, 0.1) is 21.9 Å². The van der Waals surface area contributed by atoms with Crippen molar-refractivity contribution in [1.29, 1.82) is 0 Å². The summed E-state index contributed by atoms with van der Waals surface area (Å²) in [4.78, 5) is 0. The zero-order valence-electron chi connectivity index (χ0n) is 25.7. The summed E-state index contributed by atoms with van der Waals surface area (Å²) >= 11 is 1.86. The first-order valence-electron chi connectivity index (χ1n) is 16.3. The van der Waals surface area contributed by atoms with E-state index in [0.29, 0.717) is 0 Å². The van der Waals surface area contributed by atoms with Crippen molar-refractivity contribution in [3.8, 4) is 22.5 Å². The van der Waals surface area contributed by atoms with Gasteiger partial charge in [0.1, 0.15) is 5.58 Å². The lowest BCUT2D eigenvalue weighted by atomic mass is 10.0. The highest BCUT2D eigenvalue weighted by Gasteiger charge is 2.20. The van der Waals surface area contributed by atoms with E-state index in [1.165, 1.54) is 58.6 Å². The summed E-state index contributed by atoms with van der Waals surface area (Å²) in [6.45, 7) is 0. The van der Waals surface area contributed by atoms with Gasteiger partial charge in [-0.2, -0.15) is 0 Å². The zero-order valence-corrected chi connectivity index (χ0v) is 26.5. The molecule has 4 aromatic heterocycles. The molecule has 0 atom stereocenters. The SMILES string of the molecule is c1ccc(-n2c3ccccc3c3c4ccc(-c5ccc6sc7ccc(-n8c9ccccc9c9ccccc98)cc7c6c5)cc4oc32)cc1. The minimum atomic E-state index is 0.881. The standard InChI is InChI=1S/C44H26N2OS/c1-2-10-29(11-3-1)46-39-17-9-6-14-33(39)43-34-21-18-28(25-40(34)47-44(43)46)27-19-22-41-35(24-27)36-26-30(20-23-42(36)48-41)45-37-15-7-4-12-31(37)32-13-5-8-16-38(32)45/h1-26H. The van der Waals surface area contributed by atoms with Crippen LogP contribution < -0.4 is 0 Å². The molecule has 4 heteroatoms. The fraction of sp³-hybridized carbons (Fsp3) is 0. The van der Waals surface area contributed by atoms with Crippen LogP contribution in [0.15, 0.2) is 162 Å². The van der Waals surface area contributed by atoms with Crippen LogP contribution in [0.5, 0.6) is 0 Å². The number of rotatable bonds is 3. The predicted molar refractivity (Wildman–Crippen MR) is 203 cm³/mol. The number of benzene rings is 7. The third-order valence-corrected chi connectivity index (χ3v) is 11.1. The summed E-state index contributed by atoms with van der Waals surface area (Å²) in [6, 6.07) is 56.9. The molecular weight excluding hydrogens is 605 g/mol. The first kappa shape index (κ1) is 26.0. The summed E-state index contributed by atoms with van der Waals surface area (Å²) in [6.07, 6.45) is 0. The number of thiophene rings is 1. The van der Waals surface area contributed by atoms with Crippen molar-refractivity contribution in [3.63, 3.8) is 0 Å². The number of furan rings is 1. The molecule has 0 spiro atoms. The molecule has 0 amide bonds. The maximum absolute atomic E-state index is 6.72. The number of aromatic nitrogens is 2. The van der Waals surface area contributed by atoms with E-state index in [2.05, 4.69) is 167 Å². The maximum atomic E-state index is 6.72. The Kier molecular flexibility index (Phi) is 5.26. The Labute approximate surface area is 279 Å². The minimum Gasteiger partial charge on any atom is -0.439 e. The second-order valence-electron chi connectivity index (χ2n) is 12.5. The van der Waals surface area contributed by atoms with Gasteiger partial charge in [-0.15, -0.1) is 11.3 Å². The van der Waals surface area contributed by atoms with Crippen molar-refractivity contribution in [2.45, 2.75) is 0 Å². The van der Waals surface area contributed by atoms with Gasteiger partial charge in [0.2, 0.25) is 5.71 Å². The second kappa shape index (κ2) is 9.71. The van der Waals surface area contributed by atoms with E-state index in [9.17, 15) is 0 Å². The van der Waals surface area contributed by atoms with E-state index in [0.717, 1.165) is 38.8 Å². The third kappa shape index (κ3) is 3.58. The number of nitrogens with zero attached hydrogens (tertiary/aromatic N) is 2. The van der Waals surface area contributed by atoms with Crippen LogP contribution in [0, 0.1) is 0 Å². The fourth-order valence-electron chi connectivity index (χ4n) is 7.79. The Hall–Kier alpha value is -6.10. The van der Waals surface area contributed by atoms with E-state index in [4.69, 9.17) is 4.42 Å². The molecule has 0 saturated heterocycles. The van der Waals surface area contributed by atoms with Crippen molar-refractivity contribution in [3.05, 3.63) is 158 Å². The van der Waals surface area contributed by atoms with Gasteiger partial charge in [-0.3, -0.25) is 4.57 Å². The van der Waals surface area contributed by atoms with E-state index in [-0.39, 0.29) is 0 Å². The quantitative estimate of drug-likeness (QED) is 0.190. The lowest BCUT2D eigenvalue weighted by molar-refractivity contribution is 0.645. The van der Waals surface area contributed by atoms with E-state index < -0.39 is 0 Å². The molecule has 3 nitrogen and oxygen atoms in total. The summed E-state index contributed by atoms with van der Waals surface area (Å²) < 4.78 is 13.9. The summed E-state index contributed by atoms with van der Waals surface area (Å²) in [5.41, 5.74) is 9.99. The highest BCUT2D eigenvalue weighted by molar-refractivity contribution is 7.25. The number of para-hydroxylation sites is 4. The normalized spacial score (nSPS) is 12.2. The summed E-state index contributed by atoms with van der Waals surface area (Å²) in [5.74, 6) is 0. The van der Waals surface area contributed by atoms with Gasteiger partial charge in [-0.05, 0) is 83.9 Å². The molecule has 0 unspecified atom stereocenters. The van der Waals surface area contributed by atoms with Gasteiger partial charge < -0.3 is 8.98 Å². The van der Waals surface area contributed by atoms with Gasteiger partial charge in [0.15, 0.2) is 0 Å². The van der Waals surface area contributed by atoms with Crippen LogP contribution in [-0.4, -0.2) is 9.13 Å². The van der Waals surface area contributed by atoms with Crippen molar-refractivity contribution in [2.75, 3.05) is 0 Å². The smallest absolute Gasteiger partial charge is 0.213 e. The zero-order chi connectivity index (χ0) is 31.3. The molecule has 224 valence electrons. The first-order chi connectivity index (χ1) is 23.8. The van der Waals surface area contributed by atoms with Crippen LogP contribution in [0.4, 0.5) is 0 Å². The van der Waals surface area contributed by atoms with Crippen LogP contribution in [-0.2, 0) is 0 Å². The van der Waals surface area contributed by atoms with E-state index >= 15 is 0 Å². The maximum Gasteiger partial charge on any atom is 0.213 e. The average molecular weight is 631 g/mol. The molecule has 0 aliphatic rings. The Bertz CT molecular complexity index is 3010. The van der Waals surface area contributed by atoms with Gasteiger partial charge in [-0.1, -0.05) is 84.9 Å². The Morgan fingerprint density at radius 1 is 0.396 bits per heavy atom. The van der Waals surface area contributed by atoms with Crippen LogP contribution in [0.3, 0.4) is 0 Å². The molecule has 0 N–H and O–H groups in total. The highest BCUT2D eigenvalue weighted by atomic mass is 32.1. The van der Waals surface area contributed by atoms with Crippen molar-refractivity contribution < 1.29 is 4.42 Å². The van der Waals surface area contributed by atoms with Crippen molar-refractivity contribution in [1.82, 2.24) is 9.13 Å². The molecule has 0 radical (unpaired) electrons. The molecule has 7 aromatic carbocycles.